The summed E-state index contributed by atoms with van der Waals surface area (Å²) >= 11 is -0.135. The van der Waals surface area contributed by atoms with Gasteiger partial charge in [0.15, 0.2) is 0 Å². The zero-order chi connectivity index (χ0) is 9.90. The first-order valence-electron chi connectivity index (χ1n) is 3.42. The van der Waals surface area contributed by atoms with Crippen LogP contribution in [-0.2, 0) is 0 Å². The van der Waals surface area contributed by atoms with Gasteiger partial charge in [-0.2, -0.15) is 0 Å². The normalized spacial score (nSPS) is 11.2. The minimum absolute atomic E-state index is 0.135. The van der Waals surface area contributed by atoms with Gasteiger partial charge in [-0.3, -0.25) is 0 Å². The second kappa shape index (κ2) is 4.00. The van der Waals surface area contributed by atoms with E-state index >= 15 is 0 Å². The second-order valence-corrected chi connectivity index (χ2v) is 3.42. The molecule has 1 rings (SSSR count). The summed E-state index contributed by atoms with van der Waals surface area (Å²) in [4.78, 5) is 0.165. The Morgan fingerprint density at radius 1 is 1.15 bits per heavy atom. The molecule has 1 aromatic carbocycles. The Balaban J connectivity index is 2.75. The molecule has 0 aliphatic rings. The summed E-state index contributed by atoms with van der Waals surface area (Å²) in [5.41, 5.74) is -3.53. The summed E-state index contributed by atoms with van der Waals surface area (Å²) in [5.74, 6) is 1.34. The monoisotopic (exact) mass is 201 g/mol. The van der Waals surface area contributed by atoms with Crippen molar-refractivity contribution in [2.45, 2.75) is 10.4 Å². The zero-order valence-electron chi connectivity index (χ0n) is 6.51. The Morgan fingerprint density at radius 3 is 2.08 bits per heavy atom. The van der Waals surface area contributed by atoms with E-state index in [1.807, 2.05) is 0 Å². The molecule has 0 aliphatic carbocycles. The molecule has 13 heavy (non-hydrogen) atoms. The summed E-state index contributed by atoms with van der Waals surface area (Å²) < 4.78 is 35.6. The second-order valence-electron chi connectivity index (χ2n) is 2.28. The molecule has 1 radical (unpaired) electrons. The molecule has 67 valence electrons. The first kappa shape index (κ1) is 10.4. The predicted molar refractivity (Wildman–Crippen MR) is 49.3 cm³/mol. The van der Waals surface area contributed by atoms with Crippen LogP contribution in [-0.4, -0.2) is 19.0 Å². The quantitative estimate of drug-likeness (QED) is 0.523. The number of halogens is 3. The number of hydrogen-bond donors (Lipinski definition) is 0. The fourth-order valence-electron chi connectivity index (χ4n) is 0.781. The van der Waals surface area contributed by atoms with Crippen molar-refractivity contribution in [3.63, 3.8) is 0 Å². The third-order valence-electron chi connectivity index (χ3n) is 1.31. The van der Waals surface area contributed by atoms with Crippen LogP contribution in [0.5, 0.6) is 0 Å². The van der Waals surface area contributed by atoms with Crippen molar-refractivity contribution >= 4 is 25.2 Å². The Hall–Kier alpha value is -0.705. The molecule has 5 heteroatoms. The average Bonchev–Trinajstić information content (AvgIpc) is 2.03. The van der Waals surface area contributed by atoms with Crippen molar-refractivity contribution < 1.29 is 13.2 Å². The predicted octanol–water partition coefficient (Wildman–Crippen LogP) is 2.62. The molecule has 0 saturated carbocycles. The minimum atomic E-state index is -4.23. The van der Waals surface area contributed by atoms with Crippen LogP contribution in [0.4, 0.5) is 13.2 Å². The fraction of sp³-hybridized carbons (Fsp3) is 0.125. The van der Waals surface area contributed by atoms with Crippen LogP contribution in [0.2, 0.25) is 0 Å². The summed E-state index contributed by atoms with van der Waals surface area (Å²) in [6.07, 6.45) is 0. The SMILES string of the molecule is [B]=Cc1ccc(SC(F)(F)F)cc1. The van der Waals surface area contributed by atoms with E-state index in [9.17, 15) is 13.2 Å². The molecular formula is C8H5BF3S. The summed E-state index contributed by atoms with van der Waals surface area (Å²) in [6.45, 7) is 0. The topological polar surface area (TPSA) is 0 Å². The molecule has 1 aromatic rings. The first-order valence-corrected chi connectivity index (χ1v) is 4.24. The molecule has 0 N–H and O–H groups in total. The van der Waals surface area contributed by atoms with Gasteiger partial charge in [-0.15, -0.1) is 0 Å². The third kappa shape index (κ3) is 3.68. The van der Waals surface area contributed by atoms with Gasteiger partial charge < -0.3 is 0 Å². The molecule has 0 amide bonds. The van der Waals surface area contributed by atoms with Gasteiger partial charge in [0, 0.05) is 0 Å². The molecule has 0 aliphatic heterocycles. The Bertz CT molecular complexity index is 291. The van der Waals surface area contributed by atoms with Crippen molar-refractivity contribution in [3.8, 4) is 0 Å². The van der Waals surface area contributed by atoms with Crippen molar-refractivity contribution in [3.05, 3.63) is 29.8 Å². The van der Waals surface area contributed by atoms with Crippen molar-refractivity contribution in [2.75, 3.05) is 0 Å². The van der Waals surface area contributed by atoms with Crippen molar-refractivity contribution in [2.24, 2.45) is 0 Å². The number of hydrogen-bond acceptors (Lipinski definition) is 1. The average molecular weight is 201 g/mol. The Labute approximate surface area is 79.2 Å². The Kier molecular flexibility index (Phi) is 3.19. The number of benzene rings is 1. The van der Waals surface area contributed by atoms with E-state index in [0.717, 1.165) is 0 Å². The number of rotatable bonds is 2. The van der Waals surface area contributed by atoms with E-state index in [1.165, 1.54) is 30.2 Å². The Morgan fingerprint density at radius 2 is 1.69 bits per heavy atom. The van der Waals surface area contributed by atoms with Crippen molar-refractivity contribution in [1.82, 2.24) is 0 Å². The summed E-state index contributed by atoms with van der Waals surface area (Å²) in [7, 11) is 5.17. The molecule has 0 spiro atoms. The van der Waals surface area contributed by atoms with E-state index in [2.05, 4.69) is 0 Å². The van der Waals surface area contributed by atoms with Crippen LogP contribution in [0.1, 0.15) is 5.56 Å². The van der Waals surface area contributed by atoms with Crippen LogP contribution in [0, 0.1) is 0 Å². The van der Waals surface area contributed by atoms with E-state index < -0.39 is 5.51 Å². The van der Waals surface area contributed by atoms with Gasteiger partial charge in [-0.1, -0.05) is 0 Å². The zero-order valence-corrected chi connectivity index (χ0v) is 7.32. The van der Waals surface area contributed by atoms with E-state index in [4.69, 9.17) is 7.49 Å². The van der Waals surface area contributed by atoms with Crippen LogP contribution in [0.15, 0.2) is 29.2 Å². The van der Waals surface area contributed by atoms with Crippen molar-refractivity contribution in [1.29, 1.82) is 0 Å². The van der Waals surface area contributed by atoms with E-state index in [0.29, 0.717) is 5.56 Å². The van der Waals surface area contributed by atoms with Gasteiger partial charge in [0.05, 0.1) is 0 Å². The molecule has 0 heterocycles. The molecule has 0 atom stereocenters. The standard InChI is InChI=1S/C8H5BF3S/c9-5-6-1-3-7(4-2-6)13-8(10,11)12/h1-5H. The van der Waals surface area contributed by atoms with Crippen LogP contribution >= 0.6 is 11.8 Å². The number of alkyl halides is 3. The summed E-state index contributed by atoms with van der Waals surface area (Å²) in [5, 5.41) is 0. The molecule has 0 unspecified atom stereocenters. The molecule has 0 bridgehead atoms. The van der Waals surface area contributed by atoms with Crippen LogP contribution in [0.3, 0.4) is 0 Å². The van der Waals surface area contributed by atoms with Crippen LogP contribution in [0.25, 0.3) is 0 Å². The molecule has 0 fully saturated rings. The summed E-state index contributed by atoms with van der Waals surface area (Å²) in [6, 6.07) is 5.84. The maximum atomic E-state index is 11.9. The first-order chi connectivity index (χ1) is 6.01. The molecule has 0 saturated heterocycles. The van der Waals surface area contributed by atoms with Gasteiger partial charge in [-0.25, -0.2) is 0 Å². The van der Waals surface area contributed by atoms with Gasteiger partial charge in [0.25, 0.3) is 0 Å². The van der Waals surface area contributed by atoms with E-state index in [-0.39, 0.29) is 16.7 Å². The molecule has 0 aromatic heterocycles. The van der Waals surface area contributed by atoms with Gasteiger partial charge in [-0.05, 0) is 0 Å². The number of thioether (sulfide) groups is 1. The van der Waals surface area contributed by atoms with Gasteiger partial charge >= 0.3 is 78.6 Å². The van der Waals surface area contributed by atoms with E-state index in [1.54, 1.807) is 0 Å². The fourth-order valence-corrected chi connectivity index (χ4v) is 1.32. The van der Waals surface area contributed by atoms with Gasteiger partial charge in [0.1, 0.15) is 0 Å². The molecular weight excluding hydrogens is 196 g/mol. The van der Waals surface area contributed by atoms with Crippen LogP contribution < -0.4 is 0 Å². The van der Waals surface area contributed by atoms with Gasteiger partial charge in [0.2, 0.25) is 0 Å². The third-order valence-corrected chi connectivity index (χ3v) is 2.05. The molecule has 0 nitrogen and oxygen atoms in total. The maximum absolute atomic E-state index is 11.9.